The Morgan fingerprint density at radius 3 is 1.37 bits per heavy atom. The van der Waals surface area contributed by atoms with Crippen LogP contribution in [0.4, 0.5) is 0 Å². The zero-order chi connectivity index (χ0) is 50.2. The van der Waals surface area contributed by atoms with E-state index in [0.717, 1.165) is 22.5 Å². The molecule has 0 unspecified atom stereocenters. The summed E-state index contributed by atoms with van der Waals surface area (Å²) in [6, 6.07) is 38.6. The summed E-state index contributed by atoms with van der Waals surface area (Å²) in [6.07, 6.45) is 12.5. The van der Waals surface area contributed by atoms with Gasteiger partial charge in [-0.25, -0.2) is 35.8 Å². The van der Waals surface area contributed by atoms with Gasteiger partial charge in [-0.05, 0) is 121 Å². The largest absolute Gasteiger partial charge is 0.482 e. The molecule has 71 heavy (non-hydrogen) atoms. The first kappa shape index (κ1) is 50.8. The molecule has 0 spiro atoms. The number of ether oxygens (including phenoxy) is 3. The smallest absolute Gasteiger partial charge is 0.344 e. The predicted molar refractivity (Wildman–Crippen MR) is 261 cm³/mol. The second kappa shape index (κ2) is 24.0. The van der Waals surface area contributed by atoms with Crippen molar-refractivity contribution >= 4 is 32.0 Å². The molecule has 8 aromatic rings. The molecule has 8 rings (SSSR count). The van der Waals surface area contributed by atoms with E-state index in [2.05, 4.69) is 20.2 Å². The topological polar surface area (TPSA) is 218 Å². The third kappa shape index (κ3) is 14.5. The first-order chi connectivity index (χ1) is 34.2. The number of nitrogens with zero attached hydrogens (tertiary/aromatic N) is 8. The van der Waals surface area contributed by atoms with Crippen LogP contribution in [0, 0.1) is 0 Å². The number of rotatable bonds is 21. The summed E-state index contributed by atoms with van der Waals surface area (Å²) in [4.78, 5) is 30.8. The molecule has 366 valence electrons. The Morgan fingerprint density at radius 1 is 0.549 bits per heavy atom. The van der Waals surface area contributed by atoms with Crippen LogP contribution in [0.3, 0.4) is 0 Å². The van der Waals surface area contributed by atoms with Crippen LogP contribution in [-0.2, 0) is 60.6 Å². The van der Waals surface area contributed by atoms with Crippen molar-refractivity contribution in [1.29, 1.82) is 0 Å². The van der Waals surface area contributed by atoms with Gasteiger partial charge in [-0.2, -0.15) is 18.8 Å². The van der Waals surface area contributed by atoms with E-state index in [9.17, 15) is 26.4 Å². The number of carboxylic acid groups (broad SMARTS) is 1. The molecule has 0 atom stereocenters. The van der Waals surface area contributed by atoms with Gasteiger partial charge in [0, 0.05) is 75.8 Å². The van der Waals surface area contributed by atoms with Gasteiger partial charge in [0.2, 0.25) is 20.0 Å². The first-order valence-corrected chi connectivity index (χ1v) is 24.9. The average molecular weight is 999 g/mol. The Bertz CT molecular complexity index is 3180. The Kier molecular flexibility index (Phi) is 17.2. The van der Waals surface area contributed by atoms with E-state index in [-0.39, 0.29) is 48.7 Å². The highest BCUT2D eigenvalue weighted by atomic mass is 32.2. The van der Waals surface area contributed by atoms with Crippen molar-refractivity contribution in [2.45, 2.75) is 55.9 Å². The van der Waals surface area contributed by atoms with E-state index >= 15 is 0 Å². The highest BCUT2D eigenvalue weighted by Crippen LogP contribution is 2.25. The highest BCUT2D eigenvalue weighted by molar-refractivity contribution is 7.89. The van der Waals surface area contributed by atoms with Gasteiger partial charge in [0.15, 0.2) is 13.2 Å². The molecule has 0 aliphatic rings. The molecule has 0 aliphatic heterocycles. The fourth-order valence-corrected chi connectivity index (χ4v) is 9.73. The molecule has 0 saturated heterocycles. The summed E-state index contributed by atoms with van der Waals surface area (Å²) >= 11 is 0. The minimum Gasteiger partial charge on any atom is -0.482 e. The number of sulfonamides is 2. The number of hydrogen-bond donors (Lipinski definition) is 1. The molecule has 1 N–H and O–H groups in total. The van der Waals surface area contributed by atoms with Crippen molar-refractivity contribution in [2.75, 3.05) is 13.2 Å². The summed E-state index contributed by atoms with van der Waals surface area (Å²) in [5.41, 5.74) is 4.70. The second-order valence-corrected chi connectivity index (χ2v) is 19.8. The summed E-state index contributed by atoms with van der Waals surface area (Å²) in [6.45, 7) is 3.22. The minimum atomic E-state index is -3.87. The number of aliphatic carboxylic acids is 1. The molecule has 20 heteroatoms. The van der Waals surface area contributed by atoms with Crippen LogP contribution >= 0.6 is 0 Å². The van der Waals surface area contributed by atoms with Crippen molar-refractivity contribution in [2.24, 2.45) is 0 Å². The maximum absolute atomic E-state index is 13.6. The van der Waals surface area contributed by atoms with Gasteiger partial charge >= 0.3 is 11.9 Å². The molecule has 0 radical (unpaired) electrons. The molecule has 0 amide bonds. The first-order valence-electron chi connectivity index (χ1n) is 22.1. The summed E-state index contributed by atoms with van der Waals surface area (Å²) < 4.78 is 76.2. The van der Waals surface area contributed by atoms with Gasteiger partial charge in [-0.15, -0.1) is 0 Å². The van der Waals surface area contributed by atoms with Gasteiger partial charge in [-0.1, -0.05) is 48.5 Å². The number of carbonyl (C=O) groups is 2. The SMILES string of the molecule is CC(C)OC(=O)COc1cccc(CN(Cc2ccc(-n3cccn3)cc2)S(=O)(=O)c2cccnc2)c1.O=C(O)COc1cccc(CN(Cc2ccc(-n3cccn3)cc2)S(=O)(=O)c2cccnc2)c1. The molecule has 0 fully saturated rings. The highest BCUT2D eigenvalue weighted by Gasteiger charge is 2.27. The maximum atomic E-state index is 13.6. The van der Waals surface area contributed by atoms with Crippen molar-refractivity contribution in [3.63, 3.8) is 0 Å². The van der Waals surface area contributed by atoms with E-state index < -0.39 is 38.6 Å². The molecule has 18 nitrogen and oxygen atoms in total. The van der Waals surface area contributed by atoms with Gasteiger partial charge in [0.05, 0.1) is 17.5 Å². The second-order valence-electron chi connectivity index (χ2n) is 16.0. The Morgan fingerprint density at radius 2 is 0.986 bits per heavy atom. The lowest BCUT2D eigenvalue weighted by molar-refractivity contribution is -0.149. The standard InChI is InChI=1S/C27H28N4O5S.C24H22N4O5S/c1-21(2)36-27(32)20-35-25-7-3-6-23(16-25)19-30(37(33,34)26-8-4-13-28-17-26)18-22-9-11-24(12-10-22)31-15-5-14-29-31;29-24(30)18-33-22-5-1-4-20(14-22)17-27(34(31,32)23-6-2-11-25-15-23)16-19-7-9-21(10-8-19)28-13-3-12-26-28/h3-17,21H,18-20H2,1-2H3;1-15H,16-18H2,(H,29,30). The normalized spacial score (nSPS) is 11.5. The lowest BCUT2D eigenvalue weighted by Crippen LogP contribution is -2.30. The van der Waals surface area contributed by atoms with Crippen molar-refractivity contribution in [3.05, 3.63) is 205 Å². The lowest BCUT2D eigenvalue weighted by Gasteiger charge is -2.23. The maximum Gasteiger partial charge on any atom is 0.344 e. The van der Waals surface area contributed by atoms with Crippen LogP contribution in [0.15, 0.2) is 193 Å². The van der Waals surface area contributed by atoms with Crippen LogP contribution in [0.25, 0.3) is 11.4 Å². The number of benzene rings is 4. The van der Waals surface area contributed by atoms with Crippen molar-refractivity contribution in [3.8, 4) is 22.9 Å². The average Bonchev–Trinajstić information content (AvgIpc) is 4.13. The molecule has 4 aromatic heterocycles. The third-order valence-electron chi connectivity index (χ3n) is 10.3. The summed E-state index contributed by atoms with van der Waals surface area (Å²) in [5, 5.41) is 17.3. The zero-order valence-corrected chi connectivity index (χ0v) is 40.3. The number of carbonyl (C=O) groups excluding carboxylic acids is 1. The van der Waals surface area contributed by atoms with Crippen LogP contribution in [-0.4, -0.2) is 91.3 Å². The van der Waals surface area contributed by atoms with Crippen molar-refractivity contribution in [1.82, 2.24) is 38.1 Å². The van der Waals surface area contributed by atoms with E-state index in [1.165, 1.54) is 45.5 Å². The fourth-order valence-electron chi connectivity index (χ4n) is 6.97. The number of pyridine rings is 2. The molecule has 4 aromatic carbocycles. The number of esters is 1. The lowest BCUT2D eigenvalue weighted by atomic mass is 10.2. The number of aromatic nitrogens is 6. The Balaban J connectivity index is 0.000000209. The van der Waals surface area contributed by atoms with Gasteiger partial charge in [0.25, 0.3) is 0 Å². The number of hydrogen-bond acceptors (Lipinski definition) is 13. The third-order valence-corrected chi connectivity index (χ3v) is 13.8. The van der Waals surface area contributed by atoms with E-state index in [1.54, 1.807) is 90.2 Å². The van der Waals surface area contributed by atoms with Gasteiger partial charge in [0.1, 0.15) is 21.3 Å². The molecular weight excluding hydrogens is 949 g/mol. The summed E-state index contributed by atoms with van der Waals surface area (Å²) in [7, 11) is -7.74. The molecule has 0 saturated carbocycles. The quantitative estimate of drug-likeness (QED) is 0.0710. The van der Waals surface area contributed by atoms with Gasteiger partial charge in [-0.3, -0.25) is 9.97 Å². The minimum absolute atomic E-state index is 0.0579. The fraction of sp³-hybridized carbons (Fsp3) is 0.176. The Labute approximate surface area is 411 Å². The molecule has 4 heterocycles. The number of carboxylic acids is 1. The Hall–Kier alpha value is -8.04. The molecule has 0 aliphatic carbocycles. The zero-order valence-electron chi connectivity index (χ0n) is 38.7. The van der Waals surface area contributed by atoms with Crippen LogP contribution in [0.1, 0.15) is 36.1 Å². The van der Waals surface area contributed by atoms with Crippen LogP contribution in [0.2, 0.25) is 0 Å². The van der Waals surface area contributed by atoms with E-state index in [4.69, 9.17) is 19.3 Å². The van der Waals surface area contributed by atoms with Crippen LogP contribution in [0.5, 0.6) is 11.5 Å². The van der Waals surface area contributed by atoms with Crippen LogP contribution < -0.4 is 9.47 Å². The van der Waals surface area contributed by atoms with E-state index in [0.29, 0.717) is 22.6 Å². The predicted octanol–water partition coefficient (Wildman–Crippen LogP) is 7.11. The molecular formula is C51H50N8O10S2. The van der Waals surface area contributed by atoms with E-state index in [1.807, 2.05) is 79.1 Å². The van der Waals surface area contributed by atoms with Crippen molar-refractivity contribution < 1.29 is 45.7 Å². The molecule has 0 bridgehead atoms. The monoisotopic (exact) mass is 998 g/mol. The van der Waals surface area contributed by atoms with Gasteiger partial charge < -0.3 is 19.3 Å². The summed E-state index contributed by atoms with van der Waals surface area (Å²) in [5.74, 6) is -0.771.